The summed E-state index contributed by atoms with van der Waals surface area (Å²) in [5.41, 5.74) is 1.25. The number of likely N-dealkylation sites (tertiary alicyclic amines) is 2. The molecule has 0 unspecified atom stereocenters. The molecular weight excluding hydrogens is 354 g/mol. The molecule has 0 N–H and O–H groups in total. The van der Waals surface area contributed by atoms with Crippen LogP contribution in [0.25, 0.3) is 0 Å². The maximum absolute atomic E-state index is 12.0. The highest BCUT2D eigenvalue weighted by Gasteiger charge is 2.40. The van der Waals surface area contributed by atoms with E-state index >= 15 is 0 Å². The van der Waals surface area contributed by atoms with E-state index in [9.17, 15) is 4.79 Å². The summed E-state index contributed by atoms with van der Waals surface area (Å²) in [4.78, 5) is 18.9. The number of ether oxygens (including phenoxy) is 2. The first kappa shape index (κ1) is 19.7. The van der Waals surface area contributed by atoms with Gasteiger partial charge in [-0.2, -0.15) is 0 Å². The molecule has 3 heterocycles. The lowest BCUT2D eigenvalue weighted by Crippen LogP contribution is -2.44. The minimum Gasteiger partial charge on any atom is -0.493 e. The van der Waals surface area contributed by atoms with Crippen LogP contribution in [-0.4, -0.2) is 86.2 Å². The molecule has 0 aromatic heterocycles. The Bertz CT molecular complexity index is 662. The molecule has 3 saturated heterocycles. The number of hydrogen-bond donors (Lipinski definition) is 0. The van der Waals surface area contributed by atoms with E-state index in [1.807, 2.05) is 11.9 Å². The van der Waals surface area contributed by atoms with Crippen LogP contribution in [0.3, 0.4) is 0 Å². The highest BCUT2D eigenvalue weighted by molar-refractivity contribution is 5.79. The molecule has 0 saturated carbocycles. The Morgan fingerprint density at radius 3 is 2.82 bits per heavy atom. The fourth-order valence-corrected chi connectivity index (χ4v) is 4.81. The predicted molar refractivity (Wildman–Crippen MR) is 108 cm³/mol. The Hall–Kier alpha value is -1.63. The number of fused-ring (bicyclic) bond motifs is 1. The second-order valence-corrected chi connectivity index (χ2v) is 8.32. The van der Waals surface area contributed by atoms with Crippen molar-refractivity contribution in [3.05, 3.63) is 29.8 Å². The molecule has 28 heavy (non-hydrogen) atoms. The van der Waals surface area contributed by atoms with Gasteiger partial charge in [0.15, 0.2) is 0 Å². The van der Waals surface area contributed by atoms with Crippen molar-refractivity contribution in [2.75, 3.05) is 59.6 Å². The van der Waals surface area contributed by atoms with Crippen molar-refractivity contribution in [3.63, 3.8) is 0 Å². The summed E-state index contributed by atoms with van der Waals surface area (Å²) in [6.07, 6.45) is 2.82. The Kier molecular flexibility index (Phi) is 6.50. The van der Waals surface area contributed by atoms with Gasteiger partial charge in [-0.3, -0.25) is 14.6 Å². The van der Waals surface area contributed by atoms with Crippen LogP contribution in [0.5, 0.6) is 5.75 Å². The van der Waals surface area contributed by atoms with Gasteiger partial charge < -0.3 is 14.4 Å². The van der Waals surface area contributed by atoms with Crippen molar-refractivity contribution in [2.24, 2.45) is 5.92 Å². The minimum atomic E-state index is 0.306. The third-order valence-corrected chi connectivity index (χ3v) is 6.45. The van der Waals surface area contributed by atoms with Crippen molar-refractivity contribution in [1.82, 2.24) is 14.7 Å². The second kappa shape index (κ2) is 9.25. The van der Waals surface area contributed by atoms with Crippen molar-refractivity contribution in [3.8, 4) is 5.75 Å². The first-order valence-corrected chi connectivity index (χ1v) is 10.7. The molecule has 0 bridgehead atoms. The van der Waals surface area contributed by atoms with Gasteiger partial charge in [0.1, 0.15) is 5.75 Å². The van der Waals surface area contributed by atoms with Gasteiger partial charge in [-0.05, 0) is 18.9 Å². The lowest BCUT2D eigenvalue weighted by molar-refractivity contribution is -0.127. The van der Waals surface area contributed by atoms with Crippen molar-refractivity contribution in [2.45, 2.75) is 31.8 Å². The maximum atomic E-state index is 12.0. The van der Waals surface area contributed by atoms with E-state index in [-0.39, 0.29) is 0 Å². The lowest BCUT2D eigenvalue weighted by Gasteiger charge is -2.36. The molecule has 154 valence electrons. The van der Waals surface area contributed by atoms with Gasteiger partial charge >= 0.3 is 0 Å². The zero-order valence-corrected chi connectivity index (χ0v) is 17.0. The molecule has 0 spiro atoms. The van der Waals surface area contributed by atoms with Gasteiger partial charge in [0, 0.05) is 70.3 Å². The largest absolute Gasteiger partial charge is 0.493 e. The third kappa shape index (κ3) is 4.67. The van der Waals surface area contributed by atoms with Crippen LogP contribution in [0.4, 0.5) is 0 Å². The van der Waals surface area contributed by atoms with Crippen molar-refractivity contribution < 1.29 is 14.3 Å². The van der Waals surface area contributed by atoms with Crippen LogP contribution in [0, 0.1) is 5.92 Å². The number of benzene rings is 1. The van der Waals surface area contributed by atoms with Gasteiger partial charge in [-0.1, -0.05) is 18.2 Å². The molecule has 3 fully saturated rings. The van der Waals surface area contributed by atoms with Crippen molar-refractivity contribution >= 4 is 5.91 Å². The van der Waals surface area contributed by atoms with Crippen LogP contribution in [0.15, 0.2) is 24.3 Å². The van der Waals surface area contributed by atoms with E-state index < -0.39 is 0 Å². The topological polar surface area (TPSA) is 45.2 Å². The number of carbonyl (C=O) groups excluding carboxylic acids is 1. The highest BCUT2D eigenvalue weighted by atomic mass is 16.5. The number of morpholine rings is 1. The highest BCUT2D eigenvalue weighted by Crippen LogP contribution is 2.32. The van der Waals surface area contributed by atoms with Crippen LogP contribution in [-0.2, 0) is 16.1 Å². The second-order valence-electron chi connectivity index (χ2n) is 8.32. The number of nitrogens with zero attached hydrogens (tertiary/aromatic N) is 3. The number of rotatable bonds is 7. The zero-order chi connectivity index (χ0) is 19.3. The zero-order valence-electron chi connectivity index (χ0n) is 17.0. The first-order valence-electron chi connectivity index (χ1n) is 10.7. The molecule has 6 nitrogen and oxygen atoms in total. The number of para-hydroxylation sites is 1. The van der Waals surface area contributed by atoms with E-state index in [4.69, 9.17) is 9.47 Å². The van der Waals surface area contributed by atoms with E-state index in [1.54, 1.807) is 0 Å². The van der Waals surface area contributed by atoms with Gasteiger partial charge in [0.2, 0.25) is 5.91 Å². The molecule has 1 aromatic rings. The maximum Gasteiger partial charge on any atom is 0.222 e. The average molecular weight is 388 g/mol. The fourth-order valence-electron chi connectivity index (χ4n) is 4.81. The van der Waals surface area contributed by atoms with E-state index in [0.717, 1.165) is 77.7 Å². The molecular formula is C22H33N3O3. The molecule has 0 radical (unpaired) electrons. The fraction of sp³-hybridized carbons (Fsp3) is 0.682. The number of piperidine rings is 1. The summed E-state index contributed by atoms with van der Waals surface area (Å²) in [5.74, 6) is 1.79. The first-order chi connectivity index (χ1) is 13.7. The number of amides is 1. The summed E-state index contributed by atoms with van der Waals surface area (Å²) >= 11 is 0. The summed E-state index contributed by atoms with van der Waals surface area (Å²) in [5, 5.41) is 0. The van der Waals surface area contributed by atoms with E-state index in [1.165, 1.54) is 5.56 Å². The SMILES string of the molecule is CN1C(=O)C[C@@H]2CN(Cc3ccccc3OCCCN3CCOCC3)CC[C@@H]21. The van der Waals surface area contributed by atoms with Crippen LogP contribution >= 0.6 is 0 Å². The summed E-state index contributed by atoms with van der Waals surface area (Å²) in [6, 6.07) is 8.85. The van der Waals surface area contributed by atoms with Gasteiger partial charge in [-0.25, -0.2) is 0 Å². The summed E-state index contributed by atoms with van der Waals surface area (Å²) in [6.45, 7) is 8.54. The van der Waals surface area contributed by atoms with Crippen LogP contribution in [0.1, 0.15) is 24.8 Å². The average Bonchev–Trinajstić information content (AvgIpc) is 3.00. The van der Waals surface area contributed by atoms with E-state index in [0.29, 0.717) is 24.3 Å². The Labute approximate surface area is 168 Å². The predicted octanol–water partition coefficient (Wildman–Crippen LogP) is 1.84. The Morgan fingerprint density at radius 2 is 1.96 bits per heavy atom. The van der Waals surface area contributed by atoms with Gasteiger partial charge in [-0.15, -0.1) is 0 Å². The van der Waals surface area contributed by atoms with Gasteiger partial charge in [0.25, 0.3) is 0 Å². The van der Waals surface area contributed by atoms with E-state index in [2.05, 4.69) is 34.1 Å². The standard InChI is InChI=1S/C22H33N3O3/c1-23-20-7-9-25(17-19(20)15-22(23)26)16-18-5-2-3-6-21(18)28-12-4-8-24-10-13-27-14-11-24/h2-3,5-6,19-20H,4,7-17H2,1H3/t19-,20+/m1/s1. The molecule has 4 rings (SSSR count). The lowest BCUT2D eigenvalue weighted by atomic mass is 9.92. The Balaban J connectivity index is 1.26. The normalized spacial score (nSPS) is 26.5. The third-order valence-electron chi connectivity index (χ3n) is 6.45. The molecule has 2 atom stereocenters. The molecule has 6 heteroatoms. The number of carbonyl (C=O) groups is 1. The summed E-state index contributed by atoms with van der Waals surface area (Å²) in [7, 11) is 1.96. The van der Waals surface area contributed by atoms with Crippen LogP contribution < -0.4 is 4.74 Å². The Morgan fingerprint density at radius 1 is 1.14 bits per heavy atom. The smallest absolute Gasteiger partial charge is 0.222 e. The quantitative estimate of drug-likeness (QED) is 0.668. The van der Waals surface area contributed by atoms with Crippen molar-refractivity contribution in [1.29, 1.82) is 0 Å². The van der Waals surface area contributed by atoms with Gasteiger partial charge in [0.05, 0.1) is 19.8 Å². The molecule has 1 aromatic carbocycles. The minimum absolute atomic E-state index is 0.306. The molecule has 0 aliphatic carbocycles. The van der Waals surface area contributed by atoms with Crippen LogP contribution in [0.2, 0.25) is 0 Å². The number of hydrogen-bond acceptors (Lipinski definition) is 5. The molecule has 3 aliphatic heterocycles. The monoisotopic (exact) mass is 387 g/mol. The molecule has 3 aliphatic rings. The molecule has 1 amide bonds. The summed E-state index contributed by atoms with van der Waals surface area (Å²) < 4.78 is 11.5.